The molecule has 0 fully saturated rings. The van der Waals surface area contributed by atoms with Gasteiger partial charge in [-0.2, -0.15) is 10.1 Å². The van der Waals surface area contributed by atoms with Crippen molar-refractivity contribution in [3.8, 4) is 11.5 Å². The Morgan fingerprint density at radius 1 is 1.00 bits per heavy atom. The smallest absolute Gasteiger partial charge is 0.244 e. The van der Waals surface area contributed by atoms with Crippen molar-refractivity contribution in [2.24, 2.45) is 0 Å². The summed E-state index contributed by atoms with van der Waals surface area (Å²) in [6.07, 6.45) is 2.38. The molecule has 0 saturated carbocycles. The third-order valence-corrected chi connectivity index (χ3v) is 3.32. The van der Waals surface area contributed by atoms with Crippen LogP contribution in [0.15, 0.2) is 24.4 Å². The predicted molar refractivity (Wildman–Crippen MR) is 91.9 cm³/mol. The number of hydrogen-bond donors (Lipinski definition) is 2. The Morgan fingerprint density at radius 2 is 1.83 bits per heavy atom. The summed E-state index contributed by atoms with van der Waals surface area (Å²) >= 11 is 0. The van der Waals surface area contributed by atoms with Gasteiger partial charge in [-0.25, -0.2) is 0 Å². The van der Waals surface area contributed by atoms with Crippen LogP contribution in [0.3, 0.4) is 0 Å². The van der Waals surface area contributed by atoms with E-state index in [9.17, 15) is 0 Å². The number of nitrogens with zero attached hydrogens (tertiary/aromatic N) is 3. The van der Waals surface area contributed by atoms with Crippen LogP contribution in [0.5, 0.6) is 11.5 Å². The minimum Gasteiger partial charge on any atom is -0.493 e. The van der Waals surface area contributed by atoms with Gasteiger partial charge in [0.15, 0.2) is 17.3 Å². The van der Waals surface area contributed by atoms with Crippen LogP contribution in [0.2, 0.25) is 0 Å². The molecule has 24 heavy (non-hydrogen) atoms. The van der Waals surface area contributed by atoms with Crippen molar-refractivity contribution in [2.45, 2.75) is 6.42 Å². The maximum atomic E-state index is 5.31. The van der Waals surface area contributed by atoms with Crippen LogP contribution in [0, 0.1) is 0 Å². The number of aromatic nitrogens is 3. The van der Waals surface area contributed by atoms with Gasteiger partial charge in [-0.1, -0.05) is 6.07 Å². The second kappa shape index (κ2) is 9.51. The van der Waals surface area contributed by atoms with Crippen molar-refractivity contribution in [2.75, 3.05) is 51.7 Å². The van der Waals surface area contributed by atoms with Crippen LogP contribution >= 0.6 is 0 Å². The molecular weight excluding hydrogens is 310 g/mol. The van der Waals surface area contributed by atoms with E-state index in [0.717, 1.165) is 23.5 Å². The monoisotopic (exact) mass is 333 g/mol. The van der Waals surface area contributed by atoms with Crippen molar-refractivity contribution in [1.82, 2.24) is 15.2 Å². The molecular formula is C16H23N5O3. The number of rotatable bonds is 10. The van der Waals surface area contributed by atoms with E-state index in [-0.39, 0.29) is 0 Å². The summed E-state index contributed by atoms with van der Waals surface area (Å²) in [7, 11) is 4.90. The summed E-state index contributed by atoms with van der Waals surface area (Å²) in [6.45, 7) is 1.95. The molecule has 0 atom stereocenters. The molecule has 2 N–H and O–H groups in total. The Kier molecular flexibility index (Phi) is 7.03. The highest BCUT2D eigenvalue weighted by molar-refractivity contribution is 5.43. The fraction of sp³-hybridized carbons (Fsp3) is 0.438. The Morgan fingerprint density at radius 3 is 2.58 bits per heavy atom. The highest BCUT2D eigenvalue weighted by atomic mass is 16.5. The lowest BCUT2D eigenvalue weighted by atomic mass is 10.1. The quantitative estimate of drug-likeness (QED) is 0.634. The molecule has 2 aromatic rings. The Bertz CT molecular complexity index is 639. The fourth-order valence-corrected chi connectivity index (χ4v) is 2.10. The second-order valence-corrected chi connectivity index (χ2v) is 4.95. The average Bonchev–Trinajstić information content (AvgIpc) is 2.62. The predicted octanol–water partition coefficient (Wildman–Crippen LogP) is 1.60. The number of benzene rings is 1. The highest BCUT2D eigenvalue weighted by Gasteiger charge is 2.05. The van der Waals surface area contributed by atoms with Crippen LogP contribution in [-0.2, 0) is 11.2 Å². The molecule has 0 amide bonds. The lowest BCUT2D eigenvalue weighted by molar-refractivity contribution is 0.210. The molecule has 130 valence electrons. The first-order chi connectivity index (χ1) is 11.8. The van der Waals surface area contributed by atoms with E-state index >= 15 is 0 Å². The van der Waals surface area contributed by atoms with Crippen LogP contribution in [0.25, 0.3) is 0 Å². The minimum absolute atomic E-state index is 0.484. The molecule has 0 unspecified atom stereocenters. The van der Waals surface area contributed by atoms with Gasteiger partial charge in [-0.3, -0.25) is 0 Å². The summed E-state index contributed by atoms with van der Waals surface area (Å²) in [5, 5.41) is 14.2. The fourth-order valence-electron chi connectivity index (χ4n) is 2.10. The standard InChI is InChI=1S/C16H23N5O3/c1-22-9-8-17-15-11-19-21-16(20-15)18-7-6-12-4-5-13(23-2)14(10-12)24-3/h4-5,10-11H,6-9H2,1-3H3,(H2,17,18,20,21). The minimum atomic E-state index is 0.484. The first-order valence-electron chi connectivity index (χ1n) is 7.64. The molecule has 1 aromatic carbocycles. The van der Waals surface area contributed by atoms with E-state index in [1.54, 1.807) is 27.5 Å². The zero-order chi connectivity index (χ0) is 17.2. The first-order valence-corrected chi connectivity index (χ1v) is 7.64. The number of methoxy groups -OCH3 is 3. The maximum Gasteiger partial charge on any atom is 0.244 e. The summed E-state index contributed by atoms with van der Waals surface area (Å²) in [6, 6.07) is 5.86. The summed E-state index contributed by atoms with van der Waals surface area (Å²) < 4.78 is 15.5. The third kappa shape index (κ3) is 5.24. The Labute approximate surface area is 141 Å². The molecule has 0 aliphatic carbocycles. The van der Waals surface area contributed by atoms with Gasteiger partial charge in [0.2, 0.25) is 5.95 Å². The largest absolute Gasteiger partial charge is 0.493 e. The zero-order valence-electron chi connectivity index (χ0n) is 14.2. The van der Waals surface area contributed by atoms with Gasteiger partial charge in [0.1, 0.15) is 0 Å². The average molecular weight is 333 g/mol. The topological polar surface area (TPSA) is 90.4 Å². The summed E-state index contributed by atoms with van der Waals surface area (Å²) in [4.78, 5) is 4.34. The van der Waals surface area contributed by atoms with Crippen molar-refractivity contribution in [1.29, 1.82) is 0 Å². The second-order valence-electron chi connectivity index (χ2n) is 4.95. The summed E-state index contributed by atoms with van der Waals surface area (Å²) in [5.74, 6) is 2.59. The highest BCUT2D eigenvalue weighted by Crippen LogP contribution is 2.27. The van der Waals surface area contributed by atoms with E-state index in [1.165, 1.54) is 0 Å². The van der Waals surface area contributed by atoms with E-state index in [0.29, 0.717) is 31.5 Å². The molecule has 1 aromatic heterocycles. The molecule has 0 aliphatic heterocycles. The molecule has 0 radical (unpaired) electrons. The molecule has 0 spiro atoms. The lowest BCUT2D eigenvalue weighted by Gasteiger charge is -2.10. The van der Waals surface area contributed by atoms with Crippen molar-refractivity contribution >= 4 is 11.8 Å². The zero-order valence-corrected chi connectivity index (χ0v) is 14.2. The van der Waals surface area contributed by atoms with Crippen molar-refractivity contribution in [3.63, 3.8) is 0 Å². The van der Waals surface area contributed by atoms with Gasteiger partial charge < -0.3 is 24.8 Å². The van der Waals surface area contributed by atoms with Crippen LogP contribution in [-0.4, -0.2) is 56.2 Å². The van der Waals surface area contributed by atoms with Crippen molar-refractivity contribution < 1.29 is 14.2 Å². The van der Waals surface area contributed by atoms with Crippen LogP contribution in [0.4, 0.5) is 11.8 Å². The van der Waals surface area contributed by atoms with Gasteiger partial charge >= 0.3 is 0 Å². The van der Waals surface area contributed by atoms with E-state index in [2.05, 4.69) is 25.8 Å². The molecule has 2 rings (SSSR count). The SMILES string of the molecule is COCCNc1cnnc(NCCc2ccc(OC)c(OC)c2)n1. The number of ether oxygens (including phenoxy) is 3. The molecule has 0 bridgehead atoms. The Hall–Kier alpha value is -2.61. The van der Waals surface area contributed by atoms with Gasteiger partial charge in [0.05, 0.1) is 27.0 Å². The summed E-state index contributed by atoms with van der Waals surface area (Å²) in [5.41, 5.74) is 1.13. The van der Waals surface area contributed by atoms with Gasteiger partial charge in [0, 0.05) is 20.2 Å². The molecule has 8 heteroatoms. The molecule has 1 heterocycles. The molecule has 8 nitrogen and oxygen atoms in total. The number of hydrogen-bond acceptors (Lipinski definition) is 8. The third-order valence-electron chi connectivity index (χ3n) is 3.32. The number of nitrogens with one attached hydrogen (secondary N) is 2. The maximum absolute atomic E-state index is 5.31. The van der Waals surface area contributed by atoms with E-state index in [1.807, 2.05) is 18.2 Å². The lowest BCUT2D eigenvalue weighted by Crippen LogP contribution is -2.12. The van der Waals surface area contributed by atoms with Crippen LogP contribution in [0.1, 0.15) is 5.56 Å². The van der Waals surface area contributed by atoms with Gasteiger partial charge in [-0.15, -0.1) is 5.10 Å². The van der Waals surface area contributed by atoms with E-state index < -0.39 is 0 Å². The van der Waals surface area contributed by atoms with Gasteiger partial charge in [-0.05, 0) is 24.1 Å². The first kappa shape index (κ1) is 17.7. The van der Waals surface area contributed by atoms with Crippen LogP contribution < -0.4 is 20.1 Å². The molecule has 0 saturated heterocycles. The van der Waals surface area contributed by atoms with E-state index in [4.69, 9.17) is 14.2 Å². The van der Waals surface area contributed by atoms with Gasteiger partial charge in [0.25, 0.3) is 0 Å². The molecule has 0 aliphatic rings. The Balaban J connectivity index is 1.86. The van der Waals surface area contributed by atoms with Crippen molar-refractivity contribution in [3.05, 3.63) is 30.0 Å². The number of anilines is 2. The normalized spacial score (nSPS) is 10.3.